The SMILES string of the molecule is CCCCCC[PH](C1=CCCC=C1)(c1ccccc1)c1ccccc1. The maximum absolute atomic E-state index is 2.53. The van der Waals surface area contributed by atoms with Crippen molar-refractivity contribution >= 4 is 17.9 Å². The second-order valence-corrected chi connectivity index (χ2v) is 11.1. The predicted octanol–water partition coefficient (Wildman–Crippen LogP) is 6.20. The zero-order chi connectivity index (χ0) is 17.4. The molecule has 2 aromatic carbocycles. The number of allylic oxidation sites excluding steroid dienone is 4. The number of rotatable bonds is 8. The summed E-state index contributed by atoms with van der Waals surface area (Å²) >= 11 is 0. The Hall–Kier alpha value is -1.65. The zero-order valence-electron chi connectivity index (χ0n) is 15.5. The van der Waals surface area contributed by atoms with Gasteiger partial charge in [0.2, 0.25) is 0 Å². The van der Waals surface area contributed by atoms with Gasteiger partial charge in [-0.15, -0.1) is 0 Å². The summed E-state index contributed by atoms with van der Waals surface area (Å²) in [4.78, 5) is 0. The molecule has 25 heavy (non-hydrogen) atoms. The Kier molecular flexibility index (Phi) is 6.65. The fourth-order valence-corrected chi connectivity index (χ4v) is 9.19. The summed E-state index contributed by atoms with van der Waals surface area (Å²) in [6.07, 6.45) is 16.4. The molecule has 0 saturated heterocycles. The van der Waals surface area contributed by atoms with E-state index in [0.717, 1.165) is 0 Å². The van der Waals surface area contributed by atoms with Gasteiger partial charge in [-0.1, -0.05) is 0 Å². The molecule has 0 saturated carbocycles. The van der Waals surface area contributed by atoms with Crippen molar-refractivity contribution < 1.29 is 0 Å². The van der Waals surface area contributed by atoms with Crippen LogP contribution >= 0.6 is 7.26 Å². The monoisotopic (exact) mass is 350 g/mol. The number of hydrogen-bond acceptors (Lipinski definition) is 0. The average molecular weight is 350 g/mol. The molecule has 1 heteroatoms. The molecule has 0 bridgehead atoms. The Morgan fingerprint density at radius 2 is 1.40 bits per heavy atom. The second-order valence-electron chi connectivity index (χ2n) is 7.09. The first kappa shape index (κ1) is 18.2. The van der Waals surface area contributed by atoms with E-state index in [-0.39, 0.29) is 0 Å². The van der Waals surface area contributed by atoms with Crippen LogP contribution in [0.25, 0.3) is 0 Å². The van der Waals surface area contributed by atoms with Gasteiger partial charge in [-0.25, -0.2) is 0 Å². The zero-order valence-corrected chi connectivity index (χ0v) is 16.5. The van der Waals surface area contributed by atoms with E-state index in [0.29, 0.717) is 0 Å². The van der Waals surface area contributed by atoms with E-state index in [1.807, 2.05) is 0 Å². The van der Waals surface area contributed by atoms with Gasteiger partial charge in [0.1, 0.15) is 0 Å². The van der Waals surface area contributed by atoms with Crippen molar-refractivity contribution in [1.82, 2.24) is 0 Å². The molecule has 0 unspecified atom stereocenters. The number of hydrogen-bond donors (Lipinski definition) is 0. The van der Waals surface area contributed by atoms with Gasteiger partial charge in [-0.05, 0) is 0 Å². The first-order valence-corrected chi connectivity index (χ1v) is 12.1. The quantitative estimate of drug-likeness (QED) is 0.393. The third-order valence-corrected chi connectivity index (χ3v) is 10.5. The standard InChI is InChI=1S/C24H31P/c1-2-3-4-14-21-25(22-15-8-5-9-16-22,23-17-10-6-11-18-23)24-19-12-7-13-20-24/h5-6,8-12,15-20,25H,2-4,7,13-14,21H2,1H3. The summed E-state index contributed by atoms with van der Waals surface area (Å²) in [5.74, 6) is 0. The van der Waals surface area contributed by atoms with Crippen LogP contribution in [0.1, 0.15) is 45.4 Å². The van der Waals surface area contributed by atoms with Gasteiger partial charge in [-0.2, -0.15) is 0 Å². The molecule has 0 aliphatic heterocycles. The Morgan fingerprint density at radius 1 is 0.760 bits per heavy atom. The first-order chi connectivity index (χ1) is 12.4. The van der Waals surface area contributed by atoms with E-state index >= 15 is 0 Å². The molecular weight excluding hydrogens is 319 g/mol. The van der Waals surface area contributed by atoms with Crippen molar-refractivity contribution in [2.75, 3.05) is 6.16 Å². The minimum absolute atomic E-state index is 1.19. The molecule has 0 atom stereocenters. The fraction of sp³-hybridized carbons (Fsp3) is 0.333. The van der Waals surface area contributed by atoms with Crippen LogP contribution in [-0.2, 0) is 0 Å². The Labute approximate surface area is 154 Å². The first-order valence-electron chi connectivity index (χ1n) is 9.86. The van der Waals surface area contributed by atoms with Crippen molar-refractivity contribution in [3.8, 4) is 0 Å². The van der Waals surface area contributed by atoms with Crippen molar-refractivity contribution in [3.63, 3.8) is 0 Å². The molecule has 2 aromatic rings. The summed E-state index contributed by atoms with van der Waals surface area (Å²) in [5.41, 5.74) is 0. The van der Waals surface area contributed by atoms with Crippen molar-refractivity contribution in [1.29, 1.82) is 0 Å². The minimum atomic E-state index is -1.92. The van der Waals surface area contributed by atoms with Crippen LogP contribution in [0, 0.1) is 0 Å². The van der Waals surface area contributed by atoms with E-state index in [1.54, 1.807) is 15.9 Å². The van der Waals surface area contributed by atoms with Gasteiger partial charge in [-0.3, -0.25) is 0 Å². The number of benzene rings is 2. The van der Waals surface area contributed by atoms with Crippen LogP contribution in [0.3, 0.4) is 0 Å². The molecule has 0 amide bonds. The van der Waals surface area contributed by atoms with Gasteiger partial charge in [0, 0.05) is 0 Å². The van der Waals surface area contributed by atoms with Crippen LogP contribution < -0.4 is 10.6 Å². The van der Waals surface area contributed by atoms with Crippen LogP contribution in [0.15, 0.2) is 84.2 Å². The normalized spacial score (nSPS) is 15.0. The summed E-state index contributed by atoms with van der Waals surface area (Å²) in [6.45, 7) is 2.30. The van der Waals surface area contributed by atoms with Gasteiger partial charge in [0.25, 0.3) is 0 Å². The van der Waals surface area contributed by atoms with Crippen LogP contribution in [0.5, 0.6) is 0 Å². The fourth-order valence-electron chi connectivity index (χ4n) is 4.13. The molecule has 3 rings (SSSR count). The molecule has 132 valence electrons. The Balaban J connectivity index is 2.09. The van der Waals surface area contributed by atoms with Crippen molar-refractivity contribution in [2.45, 2.75) is 45.4 Å². The van der Waals surface area contributed by atoms with Crippen molar-refractivity contribution in [3.05, 3.63) is 84.2 Å². The van der Waals surface area contributed by atoms with Gasteiger partial charge < -0.3 is 0 Å². The van der Waals surface area contributed by atoms with E-state index in [4.69, 9.17) is 0 Å². The summed E-state index contributed by atoms with van der Waals surface area (Å²) in [5, 5.41) is 4.75. The summed E-state index contributed by atoms with van der Waals surface area (Å²) < 4.78 is 0. The second kappa shape index (κ2) is 9.16. The Bertz CT molecular complexity index is 658. The van der Waals surface area contributed by atoms with Crippen LogP contribution in [0.2, 0.25) is 0 Å². The summed E-state index contributed by atoms with van der Waals surface area (Å²) in [7, 11) is -1.92. The third kappa shape index (κ3) is 4.13. The Morgan fingerprint density at radius 3 is 1.92 bits per heavy atom. The molecule has 1 aliphatic rings. The predicted molar refractivity (Wildman–Crippen MR) is 116 cm³/mol. The number of unbranched alkanes of at least 4 members (excludes halogenated alkanes) is 3. The summed E-state index contributed by atoms with van der Waals surface area (Å²) in [6, 6.07) is 22.7. The molecule has 0 nitrogen and oxygen atoms in total. The molecule has 0 radical (unpaired) electrons. The van der Waals surface area contributed by atoms with Gasteiger partial charge in [0.05, 0.1) is 0 Å². The average Bonchev–Trinajstić information content (AvgIpc) is 2.70. The molecule has 0 N–H and O–H groups in total. The topological polar surface area (TPSA) is 0 Å². The van der Waals surface area contributed by atoms with E-state index < -0.39 is 7.26 Å². The molecule has 0 fully saturated rings. The van der Waals surface area contributed by atoms with Gasteiger partial charge >= 0.3 is 154 Å². The van der Waals surface area contributed by atoms with E-state index in [2.05, 4.69) is 85.8 Å². The molecule has 0 spiro atoms. The molecule has 0 aromatic heterocycles. The molecular formula is C24H31P. The van der Waals surface area contributed by atoms with Crippen molar-refractivity contribution in [2.24, 2.45) is 0 Å². The van der Waals surface area contributed by atoms with Crippen LogP contribution in [0.4, 0.5) is 0 Å². The molecule has 1 aliphatic carbocycles. The third-order valence-electron chi connectivity index (χ3n) is 5.43. The van der Waals surface area contributed by atoms with Crippen LogP contribution in [-0.4, -0.2) is 6.16 Å². The maximum atomic E-state index is 2.53. The van der Waals surface area contributed by atoms with E-state index in [9.17, 15) is 0 Å². The molecule has 0 heterocycles. The van der Waals surface area contributed by atoms with E-state index in [1.165, 1.54) is 44.7 Å². The van der Waals surface area contributed by atoms with Gasteiger partial charge in [0.15, 0.2) is 0 Å².